The lowest BCUT2D eigenvalue weighted by atomic mass is 10.3. The van der Waals surface area contributed by atoms with Crippen LogP contribution in [0.5, 0.6) is 0 Å². The number of rotatable bonds is 2. The molecule has 0 bridgehead atoms. The smallest absolute Gasteiger partial charge is 0.353 e. The van der Waals surface area contributed by atoms with E-state index in [0.717, 1.165) is 4.52 Å². The molecule has 10 heteroatoms. The number of nitrogens with zero attached hydrogens (tertiary/aromatic N) is 7. The van der Waals surface area contributed by atoms with Crippen LogP contribution >= 0.6 is 0 Å². The van der Waals surface area contributed by atoms with Gasteiger partial charge in [0.05, 0.1) is 12.6 Å². The molecule has 1 aliphatic rings. The molecule has 2 aromatic rings. The number of anilines is 1. The number of aromatic nitrogens is 4. The Kier molecular flexibility index (Phi) is 3.58. The van der Waals surface area contributed by atoms with Crippen molar-refractivity contribution >= 4 is 11.5 Å². The summed E-state index contributed by atoms with van der Waals surface area (Å²) in [5.41, 5.74) is 0.0548. The van der Waals surface area contributed by atoms with E-state index < -0.39 is 12.0 Å². The quantitative estimate of drug-likeness (QED) is 0.764. The standard InChI is InChI=1S/C12H12F3N7/c13-12(14,15)11-18-17-9-1-2-10(19-22(9)11)21-7-5-20(4-3-16)6-8-21/h1-2H,4-8H2. The van der Waals surface area contributed by atoms with E-state index >= 15 is 0 Å². The summed E-state index contributed by atoms with van der Waals surface area (Å²) in [6, 6.07) is 5.18. The summed E-state index contributed by atoms with van der Waals surface area (Å²) in [6.07, 6.45) is -4.60. The number of hydrogen-bond donors (Lipinski definition) is 0. The van der Waals surface area contributed by atoms with Crippen molar-refractivity contribution < 1.29 is 13.2 Å². The number of halogens is 3. The lowest BCUT2D eigenvalue weighted by molar-refractivity contribution is -0.146. The van der Waals surface area contributed by atoms with Gasteiger partial charge in [-0.05, 0) is 12.1 Å². The van der Waals surface area contributed by atoms with E-state index in [0.29, 0.717) is 38.5 Å². The van der Waals surface area contributed by atoms with Gasteiger partial charge in [0, 0.05) is 26.2 Å². The molecule has 1 saturated heterocycles. The molecule has 7 nitrogen and oxygen atoms in total. The van der Waals surface area contributed by atoms with Crippen molar-refractivity contribution in [1.29, 1.82) is 5.26 Å². The fourth-order valence-electron chi connectivity index (χ4n) is 2.36. The molecule has 0 N–H and O–H groups in total. The van der Waals surface area contributed by atoms with Gasteiger partial charge < -0.3 is 4.90 Å². The van der Waals surface area contributed by atoms with Gasteiger partial charge in [0.15, 0.2) is 5.65 Å². The van der Waals surface area contributed by atoms with Gasteiger partial charge in [0.25, 0.3) is 5.82 Å². The minimum atomic E-state index is -4.60. The van der Waals surface area contributed by atoms with Crippen molar-refractivity contribution in [2.24, 2.45) is 0 Å². The first kappa shape index (κ1) is 14.5. The second-order valence-electron chi connectivity index (χ2n) is 4.90. The molecule has 0 amide bonds. The van der Waals surface area contributed by atoms with E-state index in [9.17, 15) is 13.2 Å². The lowest BCUT2D eigenvalue weighted by Crippen LogP contribution is -2.46. The predicted octanol–water partition coefficient (Wildman–Crippen LogP) is 0.789. The van der Waals surface area contributed by atoms with Crippen molar-refractivity contribution in [3.8, 4) is 6.07 Å². The molecule has 0 aromatic carbocycles. The Hall–Kier alpha value is -2.41. The second-order valence-corrected chi connectivity index (χ2v) is 4.90. The molecular weight excluding hydrogens is 299 g/mol. The van der Waals surface area contributed by atoms with Gasteiger partial charge in [-0.2, -0.15) is 22.9 Å². The van der Waals surface area contributed by atoms with Gasteiger partial charge in [-0.25, -0.2) is 0 Å². The summed E-state index contributed by atoms with van der Waals surface area (Å²) in [5.74, 6) is -0.693. The Morgan fingerprint density at radius 3 is 2.50 bits per heavy atom. The average Bonchev–Trinajstić information content (AvgIpc) is 2.91. The first-order valence-corrected chi connectivity index (χ1v) is 6.63. The Bertz CT molecular complexity index is 710. The van der Waals surface area contributed by atoms with Crippen molar-refractivity contribution in [2.75, 3.05) is 37.6 Å². The number of alkyl halides is 3. The van der Waals surface area contributed by atoms with E-state index in [1.54, 1.807) is 6.07 Å². The van der Waals surface area contributed by atoms with Crippen molar-refractivity contribution in [3.63, 3.8) is 0 Å². The number of piperazine rings is 1. The first-order valence-electron chi connectivity index (χ1n) is 6.63. The highest BCUT2D eigenvalue weighted by atomic mass is 19.4. The second kappa shape index (κ2) is 5.42. The zero-order valence-corrected chi connectivity index (χ0v) is 11.5. The maximum atomic E-state index is 12.8. The van der Waals surface area contributed by atoms with Gasteiger partial charge >= 0.3 is 6.18 Å². The summed E-state index contributed by atoms with van der Waals surface area (Å²) < 4.78 is 39.3. The highest BCUT2D eigenvalue weighted by Crippen LogP contribution is 2.28. The van der Waals surface area contributed by atoms with E-state index in [2.05, 4.69) is 21.4 Å². The normalized spacial score (nSPS) is 16.9. The monoisotopic (exact) mass is 311 g/mol. The number of hydrogen-bond acceptors (Lipinski definition) is 6. The van der Waals surface area contributed by atoms with Crippen LogP contribution in [0.25, 0.3) is 5.65 Å². The summed E-state index contributed by atoms with van der Waals surface area (Å²) in [7, 11) is 0. The summed E-state index contributed by atoms with van der Waals surface area (Å²) in [5, 5.41) is 19.3. The number of fused-ring (bicyclic) bond motifs is 1. The minimum Gasteiger partial charge on any atom is -0.353 e. The molecule has 1 aliphatic heterocycles. The van der Waals surface area contributed by atoms with E-state index in [4.69, 9.17) is 5.26 Å². The van der Waals surface area contributed by atoms with Crippen LogP contribution < -0.4 is 4.90 Å². The maximum Gasteiger partial charge on any atom is 0.453 e. The molecule has 0 radical (unpaired) electrons. The molecule has 0 atom stereocenters. The molecule has 3 heterocycles. The lowest BCUT2D eigenvalue weighted by Gasteiger charge is -2.33. The summed E-state index contributed by atoms with van der Waals surface area (Å²) >= 11 is 0. The summed E-state index contributed by atoms with van der Waals surface area (Å²) in [4.78, 5) is 3.86. The van der Waals surface area contributed by atoms with Crippen LogP contribution in [0.1, 0.15) is 5.82 Å². The SMILES string of the molecule is N#CCN1CCN(c2ccc3nnc(C(F)(F)F)n3n2)CC1. The predicted molar refractivity (Wildman–Crippen MR) is 70.1 cm³/mol. The largest absolute Gasteiger partial charge is 0.453 e. The third kappa shape index (κ3) is 2.67. The molecule has 1 fully saturated rings. The Labute approximate surface area is 123 Å². The minimum absolute atomic E-state index is 0.0548. The van der Waals surface area contributed by atoms with Crippen LogP contribution in [0.3, 0.4) is 0 Å². The molecule has 22 heavy (non-hydrogen) atoms. The molecule has 2 aromatic heterocycles. The molecular formula is C12H12F3N7. The third-order valence-corrected chi connectivity index (χ3v) is 3.49. The van der Waals surface area contributed by atoms with Crippen LogP contribution in [0.15, 0.2) is 12.1 Å². The molecule has 0 saturated carbocycles. The van der Waals surface area contributed by atoms with Gasteiger partial charge in [0.1, 0.15) is 5.82 Å². The van der Waals surface area contributed by atoms with Crippen LogP contribution in [0.2, 0.25) is 0 Å². The highest BCUT2D eigenvalue weighted by Gasteiger charge is 2.37. The zero-order valence-electron chi connectivity index (χ0n) is 11.5. The van der Waals surface area contributed by atoms with Crippen LogP contribution in [0, 0.1) is 11.3 Å². The van der Waals surface area contributed by atoms with Gasteiger partial charge in [-0.1, -0.05) is 0 Å². The van der Waals surface area contributed by atoms with Crippen LogP contribution in [0.4, 0.5) is 19.0 Å². The molecule has 3 rings (SSSR count). The zero-order chi connectivity index (χ0) is 15.7. The highest BCUT2D eigenvalue weighted by molar-refractivity contribution is 5.46. The summed E-state index contributed by atoms with van der Waals surface area (Å²) in [6.45, 7) is 2.89. The Morgan fingerprint density at radius 1 is 1.14 bits per heavy atom. The molecule has 0 spiro atoms. The van der Waals surface area contributed by atoms with E-state index in [1.807, 2.05) is 9.80 Å². The van der Waals surface area contributed by atoms with Crippen LogP contribution in [-0.2, 0) is 6.18 Å². The molecule has 0 aliphatic carbocycles. The Balaban J connectivity index is 1.85. The third-order valence-electron chi connectivity index (χ3n) is 3.49. The topological polar surface area (TPSA) is 73.4 Å². The van der Waals surface area contributed by atoms with Gasteiger partial charge in [-0.15, -0.1) is 15.3 Å². The average molecular weight is 311 g/mol. The van der Waals surface area contributed by atoms with Crippen molar-refractivity contribution in [1.82, 2.24) is 24.7 Å². The maximum absolute atomic E-state index is 12.8. The van der Waals surface area contributed by atoms with E-state index in [-0.39, 0.29) is 5.65 Å². The molecule has 116 valence electrons. The van der Waals surface area contributed by atoms with Crippen molar-refractivity contribution in [2.45, 2.75) is 6.18 Å². The fourth-order valence-corrected chi connectivity index (χ4v) is 2.36. The van der Waals surface area contributed by atoms with E-state index in [1.165, 1.54) is 6.07 Å². The fraction of sp³-hybridized carbons (Fsp3) is 0.500. The molecule has 0 unspecified atom stereocenters. The number of nitriles is 1. The van der Waals surface area contributed by atoms with Crippen molar-refractivity contribution in [3.05, 3.63) is 18.0 Å². The Morgan fingerprint density at radius 2 is 1.86 bits per heavy atom. The first-order chi connectivity index (χ1) is 10.5. The van der Waals surface area contributed by atoms with Crippen LogP contribution in [-0.4, -0.2) is 57.4 Å². The van der Waals surface area contributed by atoms with Gasteiger partial charge in [0.2, 0.25) is 0 Å². The van der Waals surface area contributed by atoms with Gasteiger partial charge in [-0.3, -0.25) is 4.90 Å².